The Morgan fingerprint density at radius 1 is 1.11 bits per heavy atom. The summed E-state index contributed by atoms with van der Waals surface area (Å²) in [5.74, 6) is 0.0327. The molecular weight excluding hydrogens is 340 g/mol. The van der Waals surface area contributed by atoms with Crippen molar-refractivity contribution in [1.82, 2.24) is 10.2 Å². The molecule has 5 heteroatoms. The van der Waals surface area contributed by atoms with Crippen LogP contribution < -0.4 is 5.32 Å². The van der Waals surface area contributed by atoms with E-state index in [1.54, 1.807) is 6.07 Å². The summed E-state index contributed by atoms with van der Waals surface area (Å²) in [6.45, 7) is 0.961. The summed E-state index contributed by atoms with van der Waals surface area (Å²) in [5.41, 5.74) is 2.80. The minimum absolute atomic E-state index is 0.0270. The highest BCUT2D eigenvalue weighted by Crippen LogP contribution is 2.39. The number of carbonyl (C=O) groups excluding carboxylic acids is 2. The van der Waals surface area contributed by atoms with Gasteiger partial charge in [-0.05, 0) is 42.0 Å². The summed E-state index contributed by atoms with van der Waals surface area (Å²) in [4.78, 5) is 27.6. The molecule has 0 saturated carbocycles. The Hall–Kier alpha value is -2.82. The van der Waals surface area contributed by atoms with Crippen molar-refractivity contribution in [2.45, 2.75) is 37.6 Å². The van der Waals surface area contributed by atoms with Crippen LogP contribution in [-0.4, -0.2) is 34.9 Å². The molecule has 1 heterocycles. The first-order chi connectivity index (χ1) is 13.1. The molecule has 0 bridgehead atoms. The Labute approximate surface area is 159 Å². The molecule has 1 aliphatic carbocycles. The third-order valence-corrected chi connectivity index (χ3v) is 5.68. The van der Waals surface area contributed by atoms with E-state index >= 15 is 0 Å². The average molecular weight is 364 g/mol. The molecule has 27 heavy (non-hydrogen) atoms. The number of phenolic OH excluding ortho intramolecular Hbond substituents is 1. The zero-order valence-corrected chi connectivity index (χ0v) is 15.2. The lowest BCUT2D eigenvalue weighted by molar-refractivity contribution is -0.135. The minimum atomic E-state index is -0.264. The first-order valence-corrected chi connectivity index (χ1v) is 9.58. The van der Waals surface area contributed by atoms with Crippen LogP contribution in [0.25, 0.3) is 0 Å². The van der Waals surface area contributed by atoms with E-state index < -0.39 is 0 Å². The van der Waals surface area contributed by atoms with Gasteiger partial charge in [0.2, 0.25) is 11.8 Å². The molecular formula is C22H24N2O3. The molecule has 2 unspecified atom stereocenters. The highest BCUT2D eigenvalue weighted by Gasteiger charge is 2.36. The molecule has 2 N–H and O–H groups in total. The van der Waals surface area contributed by atoms with E-state index in [2.05, 4.69) is 5.32 Å². The molecule has 2 aromatic carbocycles. The molecule has 2 atom stereocenters. The molecule has 5 nitrogen and oxygen atoms in total. The second kappa shape index (κ2) is 7.43. The van der Waals surface area contributed by atoms with Gasteiger partial charge in [0.25, 0.3) is 0 Å². The number of benzene rings is 2. The molecule has 2 aliphatic rings. The van der Waals surface area contributed by atoms with Gasteiger partial charge in [0.15, 0.2) is 0 Å². The van der Waals surface area contributed by atoms with Gasteiger partial charge in [0.1, 0.15) is 5.75 Å². The van der Waals surface area contributed by atoms with Gasteiger partial charge in [-0.2, -0.15) is 0 Å². The van der Waals surface area contributed by atoms with Crippen molar-refractivity contribution < 1.29 is 14.7 Å². The number of carbonyl (C=O) groups is 2. The van der Waals surface area contributed by atoms with Crippen molar-refractivity contribution in [2.75, 3.05) is 13.1 Å². The third kappa shape index (κ3) is 3.42. The van der Waals surface area contributed by atoms with Crippen molar-refractivity contribution >= 4 is 11.8 Å². The fourth-order valence-corrected chi connectivity index (χ4v) is 4.35. The van der Waals surface area contributed by atoms with E-state index in [0.717, 1.165) is 36.0 Å². The van der Waals surface area contributed by atoms with Gasteiger partial charge < -0.3 is 15.3 Å². The maximum atomic E-state index is 13.6. The van der Waals surface area contributed by atoms with Crippen molar-refractivity contribution in [2.24, 2.45) is 0 Å². The lowest BCUT2D eigenvalue weighted by Crippen LogP contribution is -2.40. The maximum absolute atomic E-state index is 13.6. The van der Waals surface area contributed by atoms with Crippen LogP contribution in [0.4, 0.5) is 0 Å². The molecule has 0 aromatic heterocycles. The van der Waals surface area contributed by atoms with E-state index in [1.165, 1.54) is 0 Å². The number of rotatable bonds is 2. The molecule has 2 aromatic rings. The van der Waals surface area contributed by atoms with E-state index in [0.29, 0.717) is 13.1 Å². The summed E-state index contributed by atoms with van der Waals surface area (Å²) in [6.07, 6.45) is 2.72. The van der Waals surface area contributed by atoms with E-state index in [9.17, 15) is 14.7 Å². The number of hydrogen-bond acceptors (Lipinski definition) is 3. The van der Waals surface area contributed by atoms with Crippen LogP contribution in [0.15, 0.2) is 48.5 Å². The van der Waals surface area contributed by atoms with E-state index in [4.69, 9.17) is 0 Å². The van der Waals surface area contributed by atoms with Crippen LogP contribution in [0.2, 0.25) is 0 Å². The number of aromatic hydroxyl groups is 1. The number of nitrogens with one attached hydrogen (secondary N) is 1. The van der Waals surface area contributed by atoms with Crippen molar-refractivity contribution in [3.8, 4) is 5.75 Å². The van der Waals surface area contributed by atoms with Crippen LogP contribution in [0.5, 0.6) is 5.75 Å². The summed E-state index contributed by atoms with van der Waals surface area (Å²) in [7, 11) is 0. The second-order valence-electron chi connectivity index (χ2n) is 7.30. The zero-order chi connectivity index (χ0) is 18.8. The zero-order valence-electron chi connectivity index (χ0n) is 15.2. The highest BCUT2D eigenvalue weighted by atomic mass is 16.3. The highest BCUT2D eigenvalue weighted by molar-refractivity contribution is 5.86. The van der Waals surface area contributed by atoms with Gasteiger partial charge in [-0.15, -0.1) is 0 Å². The van der Waals surface area contributed by atoms with Crippen LogP contribution in [0.1, 0.15) is 47.9 Å². The Balaban J connectivity index is 1.69. The van der Waals surface area contributed by atoms with Gasteiger partial charge >= 0.3 is 0 Å². The van der Waals surface area contributed by atoms with Crippen molar-refractivity contribution in [3.05, 3.63) is 65.2 Å². The molecule has 0 radical (unpaired) electrons. The predicted octanol–water partition coefficient (Wildman–Crippen LogP) is 2.90. The Bertz CT molecular complexity index is 850. The largest absolute Gasteiger partial charge is 0.508 e. The fourth-order valence-electron chi connectivity index (χ4n) is 4.35. The molecule has 2 amide bonds. The molecule has 0 spiro atoms. The number of fused-ring (bicyclic) bond motifs is 1. The molecule has 1 saturated heterocycles. The van der Waals surface area contributed by atoms with Crippen LogP contribution >= 0.6 is 0 Å². The van der Waals surface area contributed by atoms with Gasteiger partial charge in [0, 0.05) is 13.1 Å². The number of nitrogens with zero attached hydrogens (tertiary/aromatic N) is 1. The Morgan fingerprint density at radius 2 is 1.93 bits per heavy atom. The summed E-state index contributed by atoms with van der Waals surface area (Å²) in [6, 6.07) is 15.0. The SMILES string of the molecule is O=C1CC(c2ccccc2)N(C(=O)C2CCCc3c(O)cccc32)CCN1. The topological polar surface area (TPSA) is 69.6 Å². The van der Waals surface area contributed by atoms with Crippen molar-refractivity contribution in [1.29, 1.82) is 0 Å². The third-order valence-electron chi connectivity index (χ3n) is 5.68. The van der Waals surface area contributed by atoms with Crippen molar-refractivity contribution in [3.63, 3.8) is 0 Å². The lowest BCUT2D eigenvalue weighted by Gasteiger charge is -2.35. The van der Waals surface area contributed by atoms with Crippen LogP contribution in [-0.2, 0) is 16.0 Å². The minimum Gasteiger partial charge on any atom is -0.508 e. The van der Waals surface area contributed by atoms with E-state index in [1.807, 2.05) is 47.4 Å². The molecule has 1 fully saturated rings. The van der Waals surface area contributed by atoms with Gasteiger partial charge in [-0.25, -0.2) is 0 Å². The first-order valence-electron chi connectivity index (χ1n) is 9.58. The fraction of sp³-hybridized carbons (Fsp3) is 0.364. The monoisotopic (exact) mass is 364 g/mol. The lowest BCUT2D eigenvalue weighted by atomic mass is 9.81. The summed E-state index contributed by atoms with van der Waals surface area (Å²) < 4.78 is 0. The molecule has 140 valence electrons. The predicted molar refractivity (Wildman–Crippen MR) is 102 cm³/mol. The van der Waals surface area contributed by atoms with Gasteiger partial charge in [-0.3, -0.25) is 9.59 Å². The number of amides is 2. The van der Waals surface area contributed by atoms with Gasteiger partial charge in [0.05, 0.1) is 18.4 Å². The van der Waals surface area contributed by atoms with Crippen LogP contribution in [0.3, 0.4) is 0 Å². The summed E-state index contributed by atoms with van der Waals surface area (Å²) in [5, 5.41) is 13.1. The number of phenols is 1. The quantitative estimate of drug-likeness (QED) is 0.861. The maximum Gasteiger partial charge on any atom is 0.230 e. The summed E-state index contributed by atoms with van der Waals surface area (Å²) >= 11 is 0. The Morgan fingerprint density at radius 3 is 2.74 bits per heavy atom. The average Bonchev–Trinajstić information content (AvgIpc) is 2.89. The molecule has 4 rings (SSSR count). The Kier molecular flexibility index (Phi) is 4.84. The van der Waals surface area contributed by atoms with E-state index in [-0.39, 0.29) is 35.9 Å². The second-order valence-corrected chi connectivity index (χ2v) is 7.30. The normalized spacial score (nSPS) is 22.5. The first kappa shape index (κ1) is 17.6. The molecule has 1 aliphatic heterocycles. The smallest absolute Gasteiger partial charge is 0.230 e. The van der Waals surface area contributed by atoms with Gasteiger partial charge in [-0.1, -0.05) is 42.5 Å². The number of hydrogen-bond donors (Lipinski definition) is 2. The van der Waals surface area contributed by atoms with Crippen LogP contribution in [0, 0.1) is 0 Å². The standard InChI is InChI=1S/C22H24N2O3/c25-20-11-5-8-16-17(20)9-4-10-18(16)22(27)24-13-12-23-21(26)14-19(24)15-6-2-1-3-7-15/h1-3,5-8,11,18-19,25H,4,9-10,12-14H2,(H,23,26).